The first-order valence-corrected chi connectivity index (χ1v) is 13.6. The van der Waals surface area contributed by atoms with E-state index in [0.717, 1.165) is 35.7 Å². The molecular formula is C24H26BrF3N2O5S. The van der Waals surface area contributed by atoms with Crippen molar-refractivity contribution in [2.45, 2.75) is 67.5 Å². The number of nitrogens with one attached hydrogen (secondary N) is 2. The molecule has 2 saturated carbocycles. The minimum Gasteiger partial charge on any atom is -0.475 e. The van der Waals surface area contributed by atoms with Crippen molar-refractivity contribution < 1.29 is 36.3 Å². The van der Waals surface area contributed by atoms with E-state index in [1.807, 2.05) is 12.1 Å². The van der Waals surface area contributed by atoms with Crippen LogP contribution >= 0.6 is 15.9 Å². The molecule has 196 valence electrons. The van der Waals surface area contributed by atoms with Gasteiger partial charge in [0.15, 0.2) is 0 Å². The molecule has 4 rings (SSSR count). The highest BCUT2D eigenvalue weighted by Gasteiger charge is 2.51. The number of anilines is 1. The van der Waals surface area contributed by atoms with Crippen LogP contribution in [0.2, 0.25) is 0 Å². The zero-order chi connectivity index (χ0) is 26.6. The highest BCUT2D eigenvalue weighted by Crippen LogP contribution is 2.49. The van der Waals surface area contributed by atoms with E-state index in [1.165, 1.54) is 19.3 Å². The van der Waals surface area contributed by atoms with Crippen molar-refractivity contribution in [1.29, 1.82) is 0 Å². The van der Waals surface area contributed by atoms with Crippen LogP contribution in [0.5, 0.6) is 0 Å². The smallest absolute Gasteiger partial charge is 0.475 e. The van der Waals surface area contributed by atoms with Gasteiger partial charge in [-0.05, 0) is 67.6 Å². The summed E-state index contributed by atoms with van der Waals surface area (Å²) in [4.78, 5) is 22.0. The average molecular weight is 591 g/mol. The fourth-order valence-corrected chi connectivity index (χ4v) is 5.35. The molecule has 0 aromatic heterocycles. The third-order valence-electron chi connectivity index (χ3n) is 6.18. The van der Waals surface area contributed by atoms with Gasteiger partial charge in [-0.2, -0.15) is 13.2 Å². The molecule has 12 heteroatoms. The number of carboxylic acid groups (broad SMARTS) is 1. The fourth-order valence-electron chi connectivity index (χ4n) is 4.03. The van der Waals surface area contributed by atoms with E-state index in [-0.39, 0.29) is 10.8 Å². The van der Waals surface area contributed by atoms with Crippen LogP contribution in [0.1, 0.15) is 50.5 Å². The Morgan fingerprint density at radius 3 is 1.94 bits per heavy atom. The van der Waals surface area contributed by atoms with Crippen LogP contribution in [0.25, 0.3) is 0 Å². The molecule has 0 aliphatic heterocycles. The second kappa shape index (κ2) is 11.2. The van der Waals surface area contributed by atoms with Crippen molar-refractivity contribution in [3.8, 4) is 0 Å². The first-order valence-electron chi connectivity index (χ1n) is 11.3. The van der Waals surface area contributed by atoms with Crippen LogP contribution in [0.3, 0.4) is 0 Å². The number of carbonyl (C=O) groups excluding carboxylic acids is 1. The summed E-state index contributed by atoms with van der Waals surface area (Å²) in [7, 11) is -3.65. The van der Waals surface area contributed by atoms with E-state index in [0.29, 0.717) is 11.7 Å². The van der Waals surface area contributed by atoms with Gasteiger partial charge < -0.3 is 10.4 Å². The van der Waals surface area contributed by atoms with Crippen LogP contribution < -0.4 is 10.0 Å². The number of amides is 1. The molecule has 0 unspecified atom stereocenters. The van der Waals surface area contributed by atoms with Gasteiger partial charge in [-0.3, -0.25) is 9.52 Å². The SMILES string of the molecule is O=C(NC1CCCCC1)C1(c2ccc(NS(=O)(=O)c3ccc(Br)cc3)cc2)CC1.O=C(O)C(F)(F)F. The zero-order valence-corrected chi connectivity index (χ0v) is 21.5. The molecule has 2 aromatic rings. The van der Waals surface area contributed by atoms with E-state index < -0.39 is 27.6 Å². The summed E-state index contributed by atoms with van der Waals surface area (Å²) in [6.45, 7) is 0. The Balaban J connectivity index is 0.000000454. The second-order valence-electron chi connectivity index (χ2n) is 8.83. The summed E-state index contributed by atoms with van der Waals surface area (Å²) in [5.74, 6) is -2.64. The third-order valence-corrected chi connectivity index (χ3v) is 8.11. The number of sulfonamides is 1. The number of halogens is 4. The first kappa shape index (κ1) is 28.0. The van der Waals surface area contributed by atoms with E-state index in [9.17, 15) is 26.4 Å². The summed E-state index contributed by atoms with van der Waals surface area (Å²) >= 11 is 3.31. The van der Waals surface area contributed by atoms with Crippen LogP contribution in [0.15, 0.2) is 57.9 Å². The monoisotopic (exact) mass is 590 g/mol. The summed E-state index contributed by atoms with van der Waals surface area (Å²) in [6.07, 6.45) is 2.37. The number of hydrogen-bond donors (Lipinski definition) is 3. The van der Waals surface area contributed by atoms with Gasteiger partial charge in [-0.25, -0.2) is 13.2 Å². The van der Waals surface area contributed by atoms with Gasteiger partial charge in [0.05, 0.1) is 10.3 Å². The highest BCUT2D eigenvalue weighted by molar-refractivity contribution is 9.10. The second-order valence-corrected chi connectivity index (χ2v) is 11.4. The Bertz CT molecular complexity index is 1180. The topological polar surface area (TPSA) is 113 Å². The normalized spacial score (nSPS) is 17.3. The van der Waals surface area contributed by atoms with Gasteiger partial charge in [-0.15, -0.1) is 0 Å². The third kappa shape index (κ3) is 7.22. The lowest BCUT2D eigenvalue weighted by Gasteiger charge is -2.25. The molecule has 0 heterocycles. The number of rotatable bonds is 6. The van der Waals surface area contributed by atoms with E-state index >= 15 is 0 Å². The number of alkyl halides is 3. The van der Waals surface area contributed by atoms with Crippen molar-refractivity contribution in [2.75, 3.05) is 4.72 Å². The maximum atomic E-state index is 12.9. The van der Waals surface area contributed by atoms with E-state index in [4.69, 9.17) is 9.90 Å². The van der Waals surface area contributed by atoms with Crippen LogP contribution in [-0.4, -0.2) is 37.6 Å². The lowest BCUT2D eigenvalue weighted by Crippen LogP contribution is -2.42. The molecule has 0 saturated heterocycles. The lowest BCUT2D eigenvalue weighted by molar-refractivity contribution is -0.192. The molecule has 3 N–H and O–H groups in total. The summed E-state index contributed by atoms with van der Waals surface area (Å²) in [5.41, 5.74) is 0.998. The molecule has 2 aliphatic carbocycles. The predicted molar refractivity (Wildman–Crippen MR) is 131 cm³/mol. The van der Waals surface area contributed by atoms with Gasteiger partial charge in [-0.1, -0.05) is 47.3 Å². The molecule has 0 atom stereocenters. The molecule has 36 heavy (non-hydrogen) atoms. The van der Waals surface area contributed by atoms with Crippen molar-refractivity contribution >= 4 is 43.5 Å². The Hall–Kier alpha value is -2.60. The first-order chi connectivity index (χ1) is 16.8. The maximum Gasteiger partial charge on any atom is 0.490 e. The molecule has 0 radical (unpaired) electrons. The molecule has 0 bridgehead atoms. The molecule has 2 aromatic carbocycles. The molecular weight excluding hydrogens is 565 g/mol. The zero-order valence-electron chi connectivity index (χ0n) is 19.1. The van der Waals surface area contributed by atoms with Crippen molar-refractivity contribution in [1.82, 2.24) is 5.32 Å². The van der Waals surface area contributed by atoms with Gasteiger partial charge in [0, 0.05) is 16.2 Å². The Labute approximate surface area is 215 Å². The quantitative estimate of drug-likeness (QED) is 0.419. The van der Waals surface area contributed by atoms with E-state index in [1.54, 1.807) is 36.4 Å². The van der Waals surface area contributed by atoms with Gasteiger partial charge >= 0.3 is 12.1 Å². The largest absolute Gasteiger partial charge is 0.490 e. The van der Waals surface area contributed by atoms with Crippen molar-refractivity contribution in [3.63, 3.8) is 0 Å². The molecule has 2 fully saturated rings. The summed E-state index contributed by atoms with van der Waals surface area (Å²) < 4.78 is 60.3. The van der Waals surface area contributed by atoms with Gasteiger partial charge in [0.2, 0.25) is 5.91 Å². The average Bonchev–Trinajstić information content (AvgIpc) is 3.62. The molecule has 1 amide bonds. The Morgan fingerprint density at radius 2 is 1.47 bits per heavy atom. The predicted octanol–water partition coefficient (Wildman–Crippen LogP) is 5.36. The highest BCUT2D eigenvalue weighted by atomic mass is 79.9. The molecule has 0 spiro atoms. The summed E-state index contributed by atoms with van der Waals surface area (Å²) in [6, 6.07) is 14.0. The minimum absolute atomic E-state index is 0.118. The molecule has 2 aliphatic rings. The number of aliphatic carboxylic acids is 1. The van der Waals surface area contributed by atoms with Crippen molar-refractivity contribution in [3.05, 3.63) is 58.6 Å². The maximum absolute atomic E-state index is 12.9. The standard InChI is InChI=1S/C22H25BrN2O3S.C2HF3O2/c23-17-8-12-20(13-9-17)29(27,28)25-19-10-6-16(7-11-19)22(14-15-22)21(26)24-18-4-2-1-3-5-18;3-2(4,5)1(6)7/h6-13,18,25H,1-5,14-15H2,(H,24,26);(H,6,7). The lowest BCUT2D eigenvalue weighted by atomic mass is 9.91. The molecule has 7 nitrogen and oxygen atoms in total. The number of benzene rings is 2. The number of carboxylic acids is 1. The minimum atomic E-state index is -5.08. The van der Waals surface area contributed by atoms with Crippen LogP contribution in [0, 0.1) is 0 Å². The summed E-state index contributed by atoms with van der Waals surface area (Å²) in [5, 5.41) is 10.4. The van der Waals surface area contributed by atoms with Gasteiger partial charge in [0.1, 0.15) is 0 Å². The van der Waals surface area contributed by atoms with Gasteiger partial charge in [0.25, 0.3) is 10.0 Å². The number of carbonyl (C=O) groups is 2. The van der Waals surface area contributed by atoms with Crippen molar-refractivity contribution in [2.24, 2.45) is 0 Å². The fraction of sp³-hybridized carbons (Fsp3) is 0.417. The number of hydrogen-bond acceptors (Lipinski definition) is 4. The van der Waals surface area contributed by atoms with E-state index in [2.05, 4.69) is 26.0 Å². The van der Waals surface area contributed by atoms with Crippen LogP contribution in [-0.2, 0) is 25.0 Å². The Kier molecular flexibility index (Phi) is 8.71. The van der Waals surface area contributed by atoms with Crippen LogP contribution in [0.4, 0.5) is 18.9 Å². The Morgan fingerprint density at radius 1 is 0.944 bits per heavy atom.